The van der Waals surface area contributed by atoms with E-state index in [0.717, 1.165) is 5.70 Å². The summed E-state index contributed by atoms with van der Waals surface area (Å²) in [6, 6.07) is 8.24. The number of rotatable bonds is 20. The molecule has 0 saturated heterocycles. The Hall–Kier alpha value is -3.49. The minimum atomic E-state index is -4.86. The van der Waals surface area contributed by atoms with Gasteiger partial charge in [0.1, 0.15) is 26.8 Å². The molecule has 0 aliphatic carbocycles. The number of anilines is 1. The molecule has 0 radical (unpaired) electrons. The van der Waals surface area contributed by atoms with Gasteiger partial charge in [-0.05, 0) is 87.9 Å². The van der Waals surface area contributed by atoms with Gasteiger partial charge in [0.15, 0.2) is 12.3 Å². The summed E-state index contributed by atoms with van der Waals surface area (Å²) < 4.78 is 120. The Morgan fingerprint density at radius 3 is 2.06 bits per heavy atom. The molecule has 0 fully saturated rings. The number of fused-ring (bicyclic) bond motifs is 2. The Morgan fingerprint density at radius 1 is 0.833 bits per heavy atom. The average Bonchev–Trinajstić information content (AvgIpc) is 3.44. The lowest BCUT2D eigenvalue weighted by Gasteiger charge is -2.30. The number of hydrogen-bond donors (Lipinski definition) is 1. The Morgan fingerprint density at radius 2 is 1.46 bits per heavy atom. The Balaban J connectivity index is 1.89. The number of aliphatic carboxylic acids is 1. The summed E-state index contributed by atoms with van der Waals surface area (Å²) >= 11 is 0. The number of allylic oxidation sites excluding steroid dienone is 4. The third-order valence-electron chi connectivity index (χ3n) is 10.2. The van der Waals surface area contributed by atoms with Gasteiger partial charge in [-0.3, -0.25) is 4.79 Å². The van der Waals surface area contributed by atoms with E-state index < -0.39 is 57.8 Å². The first-order valence-electron chi connectivity index (χ1n) is 17.3. The number of benzene rings is 2. The maximum atomic E-state index is 12.1. The van der Waals surface area contributed by atoms with Crippen molar-refractivity contribution in [3.8, 4) is 0 Å². The van der Waals surface area contributed by atoms with Gasteiger partial charge in [-0.15, -0.1) is 0 Å². The SMILES string of the molecule is COCC[N+]1=C(/C=C/C=C2/N(CCCCCC(=O)O)c3ccc(S(=O)(=O)[O-])cc3C2(C)CCOC)C(C)(CCCS(=O)(=O)[O-])c2cc(S(=O)(=O)[O-])ccc21. The van der Waals surface area contributed by atoms with Crippen LogP contribution in [0.25, 0.3) is 0 Å². The zero-order valence-corrected chi connectivity index (χ0v) is 33.1. The van der Waals surface area contributed by atoms with E-state index in [4.69, 9.17) is 14.6 Å². The lowest BCUT2D eigenvalue weighted by molar-refractivity contribution is -0.441. The molecule has 0 bridgehead atoms. The summed E-state index contributed by atoms with van der Waals surface area (Å²) in [5, 5.41) is 9.11. The molecule has 2 heterocycles. The largest absolute Gasteiger partial charge is 0.748 e. The van der Waals surface area contributed by atoms with Crippen molar-refractivity contribution in [3.63, 3.8) is 0 Å². The maximum Gasteiger partial charge on any atom is 0.303 e. The molecule has 0 aromatic heterocycles. The van der Waals surface area contributed by atoms with Crippen LogP contribution in [0.1, 0.15) is 69.9 Å². The molecule has 298 valence electrons. The van der Waals surface area contributed by atoms with Crippen LogP contribution in [0.2, 0.25) is 0 Å². The topological polar surface area (TPSA) is 234 Å². The first-order chi connectivity index (χ1) is 25.2. The van der Waals surface area contributed by atoms with Crippen LogP contribution >= 0.6 is 0 Å². The van der Waals surface area contributed by atoms with E-state index in [1.807, 2.05) is 22.5 Å². The van der Waals surface area contributed by atoms with E-state index in [9.17, 15) is 43.7 Å². The Kier molecular flexibility index (Phi) is 13.7. The number of methoxy groups -OCH3 is 2. The van der Waals surface area contributed by atoms with E-state index in [-0.39, 0.29) is 37.4 Å². The second-order valence-corrected chi connectivity index (χ2v) is 18.1. The molecule has 1 N–H and O–H groups in total. The van der Waals surface area contributed by atoms with Crippen LogP contribution in [0.3, 0.4) is 0 Å². The third-order valence-corrected chi connectivity index (χ3v) is 12.6. The maximum absolute atomic E-state index is 12.1. The van der Waals surface area contributed by atoms with Crippen LogP contribution in [0, 0.1) is 0 Å². The molecular formula is C36H46N2O13S3-2. The van der Waals surface area contributed by atoms with E-state index in [0.29, 0.717) is 67.0 Å². The standard InChI is InChI=1S/C36H48N2O13S3/c1-35(17-9-23-52(41,42)43)28-24-26(53(44,45)46)14-16-31(28)38(20-22-51-4)32(35)10-8-11-33-36(2,18-21-50-3)29-25-27(54(47,48)49)13-15-30(29)37(33)19-7-5-6-12-34(39)40/h8,10-11,13-16,24-25H,5-7,9,12,17-23H2,1-4H3,(H3-,39,40,41,42,43,44,45,46,47,48,49)/p-2. The highest BCUT2D eigenvalue weighted by Crippen LogP contribution is 2.51. The van der Waals surface area contributed by atoms with Gasteiger partial charge in [0.25, 0.3) is 0 Å². The number of carboxylic acids is 1. The van der Waals surface area contributed by atoms with E-state index in [1.54, 1.807) is 25.1 Å². The Bertz CT molecular complexity index is 2160. The smallest absolute Gasteiger partial charge is 0.303 e. The second-order valence-electron chi connectivity index (χ2n) is 13.8. The summed E-state index contributed by atoms with van der Waals surface area (Å²) in [4.78, 5) is 12.3. The molecule has 0 spiro atoms. The number of carboxylic acid groups (broad SMARTS) is 1. The molecule has 2 atom stereocenters. The first-order valence-corrected chi connectivity index (χ1v) is 21.7. The molecular weight excluding hydrogens is 765 g/mol. The molecule has 54 heavy (non-hydrogen) atoms. The minimum absolute atomic E-state index is 0.0145. The third kappa shape index (κ3) is 9.84. The van der Waals surface area contributed by atoms with Gasteiger partial charge >= 0.3 is 5.97 Å². The number of carbonyl (C=O) groups is 1. The van der Waals surface area contributed by atoms with Gasteiger partial charge in [-0.2, -0.15) is 4.58 Å². The highest BCUT2D eigenvalue weighted by Gasteiger charge is 2.48. The molecule has 2 aromatic carbocycles. The normalized spacial score (nSPS) is 21.0. The lowest BCUT2D eigenvalue weighted by atomic mass is 9.75. The predicted molar refractivity (Wildman–Crippen MR) is 196 cm³/mol. The highest BCUT2D eigenvalue weighted by molar-refractivity contribution is 7.86. The average molecular weight is 811 g/mol. The molecule has 2 aliphatic heterocycles. The van der Waals surface area contributed by atoms with Crippen LogP contribution in [-0.4, -0.2) is 107 Å². The van der Waals surface area contributed by atoms with E-state index in [1.165, 1.54) is 44.6 Å². The van der Waals surface area contributed by atoms with Crippen LogP contribution < -0.4 is 4.90 Å². The fourth-order valence-corrected chi connectivity index (χ4v) is 8.92. The van der Waals surface area contributed by atoms with Crippen molar-refractivity contribution in [2.75, 3.05) is 51.2 Å². The van der Waals surface area contributed by atoms with Gasteiger partial charge < -0.3 is 33.1 Å². The fourth-order valence-electron chi connectivity index (χ4n) is 7.43. The molecule has 4 rings (SSSR count). The van der Waals surface area contributed by atoms with Gasteiger partial charge in [0.2, 0.25) is 5.69 Å². The molecule has 2 unspecified atom stereocenters. The van der Waals surface area contributed by atoms with Gasteiger partial charge in [-0.1, -0.05) is 12.5 Å². The Labute approximate surface area is 317 Å². The molecule has 18 heteroatoms. The second kappa shape index (κ2) is 17.1. The summed E-state index contributed by atoms with van der Waals surface area (Å²) in [6.45, 7) is 4.96. The number of unbranched alkanes of at least 4 members (excludes halogenated alkanes) is 2. The summed E-state index contributed by atoms with van der Waals surface area (Å²) in [5.41, 5.74) is 1.73. The number of hydrogen-bond acceptors (Lipinski definition) is 13. The van der Waals surface area contributed by atoms with Gasteiger partial charge in [-0.25, -0.2) is 25.3 Å². The van der Waals surface area contributed by atoms with E-state index in [2.05, 4.69) is 0 Å². The molecule has 15 nitrogen and oxygen atoms in total. The minimum Gasteiger partial charge on any atom is -0.748 e. The summed E-state index contributed by atoms with van der Waals surface area (Å²) in [5.74, 6) is -1.56. The summed E-state index contributed by atoms with van der Waals surface area (Å²) in [7, 11) is -11.2. The van der Waals surface area contributed by atoms with Crippen molar-refractivity contribution in [1.82, 2.24) is 0 Å². The first kappa shape index (κ1) is 43.2. The molecule has 0 amide bonds. The van der Waals surface area contributed by atoms with Gasteiger partial charge in [0, 0.05) is 74.1 Å². The molecule has 2 aliphatic rings. The quantitative estimate of drug-likeness (QED) is 0.114. The van der Waals surface area contributed by atoms with Crippen molar-refractivity contribution >= 4 is 53.4 Å². The van der Waals surface area contributed by atoms with Crippen LogP contribution in [0.4, 0.5) is 11.4 Å². The number of ether oxygens (including phenoxy) is 2. The fraction of sp³-hybridized carbons (Fsp3) is 0.500. The van der Waals surface area contributed by atoms with Crippen molar-refractivity contribution in [1.29, 1.82) is 0 Å². The summed E-state index contributed by atoms with van der Waals surface area (Å²) in [6.07, 6.45) is 7.52. The highest BCUT2D eigenvalue weighted by atomic mass is 32.2. The van der Waals surface area contributed by atoms with Crippen molar-refractivity contribution in [3.05, 3.63) is 71.5 Å². The zero-order chi connectivity index (χ0) is 40.1. The predicted octanol–water partition coefficient (Wildman–Crippen LogP) is 3.72. The van der Waals surface area contributed by atoms with E-state index >= 15 is 0 Å². The van der Waals surface area contributed by atoms with Crippen molar-refractivity contribution < 1.29 is 62.9 Å². The van der Waals surface area contributed by atoms with Crippen molar-refractivity contribution in [2.45, 2.75) is 79.4 Å². The number of nitrogens with zero attached hydrogens (tertiary/aromatic N) is 2. The monoisotopic (exact) mass is 810 g/mol. The zero-order valence-electron chi connectivity index (χ0n) is 30.6. The lowest BCUT2D eigenvalue weighted by Crippen LogP contribution is -2.33. The van der Waals surface area contributed by atoms with Gasteiger partial charge in [0.05, 0.1) is 25.3 Å². The molecule has 2 aromatic rings. The van der Waals surface area contributed by atoms with Crippen molar-refractivity contribution in [2.24, 2.45) is 0 Å². The van der Waals surface area contributed by atoms with Crippen LogP contribution in [-0.2, 0) is 55.5 Å². The van der Waals surface area contributed by atoms with Crippen LogP contribution in [0.5, 0.6) is 0 Å². The molecule has 0 saturated carbocycles. The van der Waals surface area contributed by atoms with Crippen LogP contribution in [0.15, 0.2) is 70.1 Å².